The van der Waals surface area contributed by atoms with Gasteiger partial charge in [0.15, 0.2) is 0 Å². The van der Waals surface area contributed by atoms with Crippen molar-refractivity contribution >= 4 is 6.08 Å². The average molecular weight is 266 g/mol. The minimum absolute atomic E-state index is 0.0157. The molecule has 0 N–H and O–H groups in total. The van der Waals surface area contributed by atoms with Gasteiger partial charge in [-0.15, -0.1) is 0 Å². The first-order valence-corrected chi connectivity index (χ1v) is 7.12. The maximum atomic E-state index is 5.83. The van der Waals surface area contributed by atoms with E-state index >= 15 is 0 Å². The summed E-state index contributed by atoms with van der Waals surface area (Å²) in [6, 6.07) is 17.0. The molecule has 20 heavy (non-hydrogen) atoms. The highest BCUT2D eigenvalue weighted by atomic mass is 16.5. The van der Waals surface area contributed by atoms with E-state index in [-0.39, 0.29) is 6.10 Å². The smallest absolute Gasteiger partial charge is 0.101 e. The first kappa shape index (κ1) is 14.5. The standard InChI is InChI=1S/C19H22O/c1-4-20-19(18-12-7-16(3)8-13-18)14-11-17-9-5-15(2)6-10-17/h5-14,19H,4H2,1-3H3/b14-11+. The van der Waals surface area contributed by atoms with E-state index in [4.69, 9.17) is 4.74 Å². The number of hydrogen-bond donors (Lipinski definition) is 0. The van der Waals surface area contributed by atoms with E-state index in [0.717, 1.165) is 0 Å². The van der Waals surface area contributed by atoms with Crippen LogP contribution in [0.5, 0.6) is 0 Å². The summed E-state index contributed by atoms with van der Waals surface area (Å²) in [5, 5.41) is 0. The van der Waals surface area contributed by atoms with Crippen molar-refractivity contribution < 1.29 is 4.74 Å². The predicted octanol–water partition coefficient (Wildman–Crippen LogP) is 5.09. The molecular weight excluding hydrogens is 244 g/mol. The van der Waals surface area contributed by atoms with E-state index in [1.165, 1.54) is 22.3 Å². The third-order valence-electron chi connectivity index (χ3n) is 3.29. The van der Waals surface area contributed by atoms with Gasteiger partial charge in [-0.25, -0.2) is 0 Å². The van der Waals surface area contributed by atoms with E-state index in [1.807, 2.05) is 6.92 Å². The van der Waals surface area contributed by atoms with E-state index in [9.17, 15) is 0 Å². The average Bonchev–Trinajstić information content (AvgIpc) is 2.46. The van der Waals surface area contributed by atoms with Crippen molar-refractivity contribution in [2.45, 2.75) is 26.9 Å². The molecule has 0 aliphatic rings. The molecule has 0 heterocycles. The van der Waals surface area contributed by atoms with Crippen molar-refractivity contribution in [3.63, 3.8) is 0 Å². The van der Waals surface area contributed by atoms with Crippen LogP contribution < -0.4 is 0 Å². The molecule has 0 amide bonds. The molecule has 0 bridgehead atoms. The molecule has 2 aromatic carbocycles. The fraction of sp³-hybridized carbons (Fsp3) is 0.263. The Hall–Kier alpha value is -1.86. The van der Waals surface area contributed by atoms with Crippen molar-refractivity contribution in [1.29, 1.82) is 0 Å². The highest BCUT2D eigenvalue weighted by Crippen LogP contribution is 2.21. The Bertz CT molecular complexity index is 549. The highest BCUT2D eigenvalue weighted by molar-refractivity contribution is 5.51. The molecule has 1 nitrogen and oxygen atoms in total. The Morgan fingerprint density at radius 3 is 2.00 bits per heavy atom. The van der Waals surface area contributed by atoms with Gasteiger partial charge in [-0.1, -0.05) is 71.8 Å². The minimum atomic E-state index is 0.0157. The molecule has 0 aliphatic heterocycles. The second-order valence-corrected chi connectivity index (χ2v) is 5.06. The summed E-state index contributed by atoms with van der Waals surface area (Å²) < 4.78 is 5.83. The maximum absolute atomic E-state index is 5.83. The number of benzene rings is 2. The van der Waals surface area contributed by atoms with E-state index in [2.05, 4.69) is 74.5 Å². The van der Waals surface area contributed by atoms with Gasteiger partial charge >= 0.3 is 0 Å². The van der Waals surface area contributed by atoms with E-state index in [0.29, 0.717) is 6.61 Å². The highest BCUT2D eigenvalue weighted by Gasteiger charge is 2.06. The number of ether oxygens (including phenoxy) is 1. The lowest BCUT2D eigenvalue weighted by atomic mass is 10.1. The van der Waals surface area contributed by atoms with Crippen LogP contribution in [-0.2, 0) is 4.74 Å². The van der Waals surface area contributed by atoms with Gasteiger partial charge in [0, 0.05) is 6.61 Å². The Labute approximate surface area is 121 Å². The molecule has 1 heteroatoms. The second-order valence-electron chi connectivity index (χ2n) is 5.06. The van der Waals surface area contributed by atoms with Crippen LogP contribution in [0.15, 0.2) is 54.6 Å². The summed E-state index contributed by atoms with van der Waals surface area (Å²) in [4.78, 5) is 0. The Balaban J connectivity index is 2.16. The molecule has 104 valence electrons. The molecule has 0 saturated carbocycles. The fourth-order valence-electron chi connectivity index (χ4n) is 2.07. The molecule has 1 atom stereocenters. The zero-order valence-electron chi connectivity index (χ0n) is 12.5. The van der Waals surface area contributed by atoms with Gasteiger partial charge in [-0.2, -0.15) is 0 Å². The molecule has 0 saturated heterocycles. The van der Waals surface area contributed by atoms with Gasteiger partial charge in [0.05, 0.1) is 0 Å². The van der Waals surface area contributed by atoms with Crippen LogP contribution in [-0.4, -0.2) is 6.61 Å². The van der Waals surface area contributed by atoms with Crippen LogP contribution in [0.3, 0.4) is 0 Å². The van der Waals surface area contributed by atoms with Crippen LogP contribution >= 0.6 is 0 Å². The van der Waals surface area contributed by atoms with E-state index < -0.39 is 0 Å². The van der Waals surface area contributed by atoms with Crippen LogP contribution in [0.1, 0.15) is 35.3 Å². The normalized spacial score (nSPS) is 12.8. The molecule has 2 rings (SSSR count). The topological polar surface area (TPSA) is 9.23 Å². The maximum Gasteiger partial charge on any atom is 0.101 e. The van der Waals surface area contributed by atoms with Crippen LogP contribution in [0.2, 0.25) is 0 Å². The molecule has 0 radical (unpaired) electrons. The molecule has 2 aromatic rings. The van der Waals surface area contributed by atoms with E-state index in [1.54, 1.807) is 0 Å². The first-order chi connectivity index (χ1) is 9.69. The Morgan fingerprint density at radius 1 is 0.900 bits per heavy atom. The van der Waals surface area contributed by atoms with Crippen LogP contribution in [0.4, 0.5) is 0 Å². The summed E-state index contributed by atoms with van der Waals surface area (Å²) in [5.74, 6) is 0. The Morgan fingerprint density at radius 2 is 1.45 bits per heavy atom. The number of aryl methyl sites for hydroxylation is 2. The molecule has 0 spiro atoms. The largest absolute Gasteiger partial charge is 0.370 e. The molecule has 0 fully saturated rings. The van der Waals surface area contributed by atoms with Gasteiger partial charge in [-0.3, -0.25) is 0 Å². The minimum Gasteiger partial charge on any atom is -0.370 e. The third-order valence-corrected chi connectivity index (χ3v) is 3.29. The van der Waals surface area contributed by atoms with Crippen molar-refractivity contribution in [2.24, 2.45) is 0 Å². The SMILES string of the molecule is CCOC(/C=C/c1ccc(C)cc1)c1ccc(C)cc1. The molecular formula is C19H22O. The van der Waals surface area contributed by atoms with Gasteiger partial charge in [0.25, 0.3) is 0 Å². The zero-order chi connectivity index (χ0) is 14.4. The molecule has 0 aromatic heterocycles. The van der Waals surface area contributed by atoms with Crippen molar-refractivity contribution in [1.82, 2.24) is 0 Å². The number of rotatable bonds is 5. The summed E-state index contributed by atoms with van der Waals surface area (Å²) in [7, 11) is 0. The molecule has 1 unspecified atom stereocenters. The predicted molar refractivity (Wildman–Crippen MR) is 85.8 cm³/mol. The summed E-state index contributed by atoms with van der Waals surface area (Å²) >= 11 is 0. The van der Waals surface area contributed by atoms with Gasteiger partial charge < -0.3 is 4.74 Å². The van der Waals surface area contributed by atoms with Crippen LogP contribution in [0.25, 0.3) is 6.08 Å². The third kappa shape index (κ3) is 4.07. The van der Waals surface area contributed by atoms with Gasteiger partial charge in [0.1, 0.15) is 6.10 Å². The summed E-state index contributed by atoms with van der Waals surface area (Å²) in [6.45, 7) is 6.93. The lowest BCUT2D eigenvalue weighted by Gasteiger charge is -2.13. The summed E-state index contributed by atoms with van der Waals surface area (Å²) in [6.07, 6.45) is 4.26. The summed E-state index contributed by atoms with van der Waals surface area (Å²) in [5.41, 5.74) is 4.95. The van der Waals surface area contributed by atoms with Crippen molar-refractivity contribution in [2.75, 3.05) is 6.61 Å². The zero-order valence-corrected chi connectivity index (χ0v) is 12.5. The van der Waals surface area contributed by atoms with Gasteiger partial charge in [-0.05, 0) is 31.9 Å². The van der Waals surface area contributed by atoms with Crippen molar-refractivity contribution in [3.05, 3.63) is 76.9 Å². The van der Waals surface area contributed by atoms with Gasteiger partial charge in [0.2, 0.25) is 0 Å². The fourth-order valence-corrected chi connectivity index (χ4v) is 2.07. The first-order valence-electron chi connectivity index (χ1n) is 7.12. The lowest BCUT2D eigenvalue weighted by Crippen LogP contribution is -2.01. The number of hydrogen-bond acceptors (Lipinski definition) is 1. The Kier molecular flexibility index (Phi) is 5.14. The van der Waals surface area contributed by atoms with Crippen molar-refractivity contribution in [3.8, 4) is 0 Å². The lowest BCUT2D eigenvalue weighted by molar-refractivity contribution is 0.0973. The van der Waals surface area contributed by atoms with Crippen LogP contribution in [0, 0.1) is 13.8 Å². The second kappa shape index (κ2) is 7.06. The monoisotopic (exact) mass is 266 g/mol. The molecule has 0 aliphatic carbocycles. The quantitative estimate of drug-likeness (QED) is 0.732.